The predicted molar refractivity (Wildman–Crippen MR) is 121 cm³/mol. The van der Waals surface area contributed by atoms with E-state index in [9.17, 15) is 9.59 Å². The first-order chi connectivity index (χ1) is 15.0. The highest BCUT2D eigenvalue weighted by molar-refractivity contribution is 5.98. The molecule has 31 heavy (non-hydrogen) atoms. The molecule has 0 unspecified atom stereocenters. The van der Waals surface area contributed by atoms with Gasteiger partial charge in [0.25, 0.3) is 5.91 Å². The van der Waals surface area contributed by atoms with Gasteiger partial charge in [0.2, 0.25) is 12.3 Å². The summed E-state index contributed by atoms with van der Waals surface area (Å²) in [6.07, 6.45) is 1.91. The maximum absolute atomic E-state index is 12.9. The molecule has 1 aliphatic heterocycles. The number of amides is 2. The number of benzene rings is 3. The molecule has 2 amide bonds. The zero-order valence-electron chi connectivity index (χ0n) is 17.7. The van der Waals surface area contributed by atoms with Gasteiger partial charge in [-0.25, -0.2) is 0 Å². The van der Waals surface area contributed by atoms with Gasteiger partial charge in [-0.15, -0.1) is 10.1 Å². The number of hydrogen-bond acceptors (Lipinski definition) is 2. The van der Waals surface area contributed by atoms with Crippen molar-refractivity contribution in [3.8, 4) is 0 Å². The van der Waals surface area contributed by atoms with E-state index in [-0.39, 0.29) is 17.9 Å². The van der Waals surface area contributed by atoms with E-state index < -0.39 is 6.04 Å². The fourth-order valence-electron chi connectivity index (χ4n) is 3.77. The lowest BCUT2D eigenvalue weighted by Crippen LogP contribution is -2.42. The Kier molecular flexibility index (Phi) is 5.94. The van der Waals surface area contributed by atoms with Crippen LogP contribution in [-0.4, -0.2) is 28.8 Å². The second-order valence-electron chi connectivity index (χ2n) is 8.01. The molecule has 1 aliphatic rings. The second-order valence-corrected chi connectivity index (χ2v) is 8.01. The van der Waals surface area contributed by atoms with Gasteiger partial charge in [-0.3, -0.25) is 9.59 Å². The van der Waals surface area contributed by atoms with Crippen LogP contribution in [0.25, 0.3) is 0 Å². The van der Waals surface area contributed by atoms with Crippen LogP contribution in [0, 0.1) is 0 Å². The van der Waals surface area contributed by atoms with E-state index in [0.29, 0.717) is 11.5 Å². The van der Waals surface area contributed by atoms with Crippen LogP contribution in [0.5, 0.6) is 0 Å². The SMILES string of the molecule is CC(C)c1ccc(/C=[N+]2\NC(=O)[C@@H](NC(=O)c3ccccc3)[C@H]2c2ccccc2)cc1. The summed E-state index contributed by atoms with van der Waals surface area (Å²) in [4.78, 5) is 25.7. The molecule has 1 heterocycles. The number of hydrazine groups is 1. The van der Waals surface area contributed by atoms with Crippen molar-refractivity contribution in [3.05, 3.63) is 107 Å². The Labute approximate surface area is 182 Å². The minimum atomic E-state index is -0.721. The number of carbonyl (C=O) groups excluding carboxylic acids is 2. The summed E-state index contributed by atoms with van der Waals surface area (Å²) in [6.45, 7) is 4.32. The topological polar surface area (TPSA) is 61.2 Å². The molecule has 0 aromatic heterocycles. The van der Waals surface area contributed by atoms with Gasteiger partial charge in [0.15, 0.2) is 6.04 Å². The van der Waals surface area contributed by atoms with Crippen molar-refractivity contribution in [1.29, 1.82) is 0 Å². The van der Waals surface area contributed by atoms with Gasteiger partial charge in [0.05, 0.1) is 0 Å². The third-order valence-corrected chi connectivity index (χ3v) is 5.49. The molecule has 1 fully saturated rings. The molecule has 2 atom stereocenters. The third-order valence-electron chi connectivity index (χ3n) is 5.49. The van der Waals surface area contributed by atoms with Gasteiger partial charge >= 0.3 is 5.91 Å². The summed E-state index contributed by atoms with van der Waals surface area (Å²) in [5.74, 6) is -0.0619. The minimum Gasteiger partial charge on any atom is -0.334 e. The summed E-state index contributed by atoms with van der Waals surface area (Å²) >= 11 is 0. The highest BCUT2D eigenvalue weighted by Gasteiger charge is 2.47. The van der Waals surface area contributed by atoms with Gasteiger partial charge < -0.3 is 5.32 Å². The van der Waals surface area contributed by atoms with Crippen LogP contribution in [0.2, 0.25) is 0 Å². The molecule has 0 spiro atoms. The Morgan fingerprint density at radius 3 is 2.16 bits per heavy atom. The molecule has 0 saturated carbocycles. The summed E-state index contributed by atoms with van der Waals surface area (Å²) in [5.41, 5.74) is 6.61. The average Bonchev–Trinajstić information content (AvgIpc) is 3.09. The summed E-state index contributed by atoms with van der Waals surface area (Å²) in [6, 6.07) is 25.9. The Morgan fingerprint density at radius 2 is 1.55 bits per heavy atom. The van der Waals surface area contributed by atoms with Crippen LogP contribution in [0.15, 0.2) is 84.9 Å². The Hall–Kier alpha value is -3.73. The molecule has 1 saturated heterocycles. The molecular weight excluding hydrogens is 386 g/mol. The van der Waals surface area contributed by atoms with E-state index in [2.05, 4.69) is 36.7 Å². The van der Waals surface area contributed by atoms with Crippen LogP contribution in [0.3, 0.4) is 0 Å². The number of nitrogens with zero attached hydrogens (tertiary/aromatic N) is 1. The zero-order valence-corrected chi connectivity index (χ0v) is 17.7. The van der Waals surface area contributed by atoms with Crippen molar-refractivity contribution in [2.75, 3.05) is 0 Å². The summed E-state index contributed by atoms with van der Waals surface area (Å²) in [7, 11) is 0. The van der Waals surface area contributed by atoms with E-state index in [1.807, 2.05) is 54.7 Å². The summed E-state index contributed by atoms with van der Waals surface area (Å²) in [5, 5.41) is 2.92. The average molecular weight is 413 g/mol. The molecule has 2 N–H and O–H groups in total. The lowest BCUT2D eigenvalue weighted by atomic mass is 9.99. The molecular formula is C26H26N3O2+. The largest absolute Gasteiger partial charge is 0.334 e. The van der Waals surface area contributed by atoms with Crippen molar-refractivity contribution < 1.29 is 14.3 Å². The van der Waals surface area contributed by atoms with Crippen LogP contribution in [-0.2, 0) is 4.79 Å². The fraction of sp³-hybridized carbons (Fsp3) is 0.192. The van der Waals surface area contributed by atoms with E-state index in [4.69, 9.17) is 0 Å². The van der Waals surface area contributed by atoms with Crippen LogP contribution in [0.1, 0.15) is 52.9 Å². The smallest absolute Gasteiger partial charge is 0.304 e. The van der Waals surface area contributed by atoms with Gasteiger partial charge in [0, 0.05) is 16.7 Å². The zero-order chi connectivity index (χ0) is 21.8. The molecule has 0 radical (unpaired) electrons. The lowest BCUT2D eigenvalue weighted by molar-refractivity contribution is -0.596. The van der Waals surface area contributed by atoms with Gasteiger partial charge in [-0.1, -0.05) is 74.5 Å². The van der Waals surface area contributed by atoms with Gasteiger partial charge in [0.1, 0.15) is 0 Å². The number of carbonyl (C=O) groups is 2. The monoisotopic (exact) mass is 412 g/mol. The first kappa shape index (κ1) is 20.5. The van der Waals surface area contributed by atoms with E-state index >= 15 is 0 Å². The van der Waals surface area contributed by atoms with Crippen molar-refractivity contribution in [2.45, 2.75) is 31.8 Å². The fourth-order valence-corrected chi connectivity index (χ4v) is 3.77. The van der Waals surface area contributed by atoms with Gasteiger partial charge in [-0.2, -0.15) is 0 Å². The van der Waals surface area contributed by atoms with E-state index in [1.165, 1.54) is 5.56 Å². The van der Waals surface area contributed by atoms with Crippen molar-refractivity contribution in [2.24, 2.45) is 0 Å². The first-order valence-electron chi connectivity index (χ1n) is 10.5. The lowest BCUT2D eigenvalue weighted by Gasteiger charge is -2.14. The van der Waals surface area contributed by atoms with Crippen molar-refractivity contribution in [1.82, 2.24) is 10.7 Å². The number of hydrogen-bond donors (Lipinski definition) is 2. The van der Waals surface area contributed by atoms with E-state index in [0.717, 1.165) is 11.1 Å². The molecule has 156 valence electrons. The van der Waals surface area contributed by atoms with Crippen LogP contribution < -0.4 is 10.7 Å². The molecule has 4 rings (SSSR count). The molecule has 5 heteroatoms. The maximum Gasteiger partial charge on any atom is 0.304 e. The first-order valence-corrected chi connectivity index (χ1v) is 10.5. The number of nitrogens with one attached hydrogen (secondary N) is 2. The standard InChI is InChI=1S/C26H25N3O2/c1-18(2)20-15-13-19(14-16-20)17-29-24(21-9-5-3-6-10-21)23(26(31)28-29)27-25(30)22-11-7-4-8-12-22/h3-18,23-24H,1-2H3,(H-,27,28,30,31)/p+1/b29-17-/t23-,24+/m0/s1. The second kappa shape index (κ2) is 8.96. The number of rotatable bonds is 5. The number of hydrazone groups is 1. The van der Waals surface area contributed by atoms with Gasteiger partial charge in [-0.05, 0) is 35.7 Å². The Morgan fingerprint density at radius 1 is 0.935 bits per heavy atom. The predicted octanol–water partition coefficient (Wildman–Crippen LogP) is 3.83. The Bertz CT molecular complexity index is 1090. The van der Waals surface area contributed by atoms with Crippen LogP contribution in [0.4, 0.5) is 0 Å². The van der Waals surface area contributed by atoms with Crippen molar-refractivity contribution in [3.63, 3.8) is 0 Å². The molecule has 0 bridgehead atoms. The molecule has 3 aromatic carbocycles. The van der Waals surface area contributed by atoms with Crippen molar-refractivity contribution >= 4 is 18.0 Å². The van der Waals surface area contributed by atoms with E-state index in [1.54, 1.807) is 28.9 Å². The highest BCUT2D eigenvalue weighted by atomic mass is 16.2. The maximum atomic E-state index is 12.9. The Balaban J connectivity index is 1.67. The third kappa shape index (κ3) is 4.56. The minimum absolute atomic E-state index is 0.242. The molecule has 3 aromatic rings. The molecule has 0 aliphatic carbocycles. The highest BCUT2D eigenvalue weighted by Crippen LogP contribution is 2.25. The molecule has 5 nitrogen and oxygen atoms in total. The van der Waals surface area contributed by atoms with Crippen LogP contribution >= 0.6 is 0 Å². The normalized spacial score (nSPS) is 19.5. The quantitative estimate of drug-likeness (QED) is 0.626. The summed E-state index contributed by atoms with van der Waals surface area (Å²) < 4.78 is 1.79.